The van der Waals surface area contributed by atoms with Crippen molar-refractivity contribution in [3.05, 3.63) is 22.9 Å². The second kappa shape index (κ2) is 10.3. The molecule has 0 bridgehead atoms. The van der Waals surface area contributed by atoms with E-state index in [4.69, 9.17) is 11.6 Å². The molecule has 0 aromatic rings. The van der Waals surface area contributed by atoms with Crippen LogP contribution in [0.2, 0.25) is 0 Å². The molecule has 0 radical (unpaired) electrons. The molecule has 0 spiro atoms. The van der Waals surface area contributed by atoms with Crippen LogP contribution in [0.25, 0.3) is 0 Å². The molecule has 1 aliphatic heterocycles. The Morgan fingerprint density at radius 1 is 1.14 bits per heavy atom. The van der Waals surface area contributed by atoms with Gasteiger partial charge in [0.2, 0.25) is 0 Å². The summed E-state index contributed by atoms with van der Waals surface area (Å²) in [5, 5.41) is 2.02. The Labute approximate surface area is 174 Å². The predicted octanol–water partition coefficient (Wildman–Crippen LogP) is 5.31. The maximum Gasteiger partial charge on any atom is 0.0953 e. The van der Waals surface area contributed by atoms with E-state index in [9.17, 15) is 0 Å². The first-order valence-electron chi connectivity index (χ1n) is 11.8. The zero-order valence-corrected chi connectivity index (χ0v) is 19.4. The fourth-order valence-electron chi connectivity index (χ4n) is 5.21. The molecule has 0 saturated carbocycles. The smallest absolute Gasteiger partial charge is 0.0953 e. The van der Waals surface area contributed by atoms with Crippen molar-refractivity contribution < 1.29 is 0 Å². The van der Waals surface area contributed by atoms with Crippen LogP contribution in [0.15, 0.2) is 22.9 Å². The third-order valence-electron chi connectivity index (χ3n) is 7.44. The van der Waals surface area contributed by atoms with E-state index in [-0.39, 0.29) is 5.54 Å². The lowest BCUT2D eigenvalue weighted by molar-refractivity contribution is -0.0261. The van der Waals surface area contributed by atoms with Gasteiger partial charge in [-0.15, -0.1) is 0 Å². The minimum absolute atomic E-state index is 0.342. The van der Waals surface area contributed by atoms with Gasteiger partial charge in [0, 0.05) is 17.8 Å². The van der Waals surface area contributed by atoms with Crippen LogP contribution in [0.1, 0.15) is 99.3 Å². The standard InChI is InChI=1S/C24H46N4/c1-7-10-12-14-20(9-3)27-17-28(26)24(6)21(22(27)15-13-11-8-2)16-18(4)19(5)23(24)25/h16,18,20,22H,7-15,17,25-26H2,1-6H3. The lowest BCUT2D eigenvalue weighted by atomic mass is 9.71. The third kappa shape index (κ3) is 4.49. The van der Waals surface area contributed by atoms with E-state index in [1.807, 2.05) is 5.01 Å². The van der Waals surface area contributed by atoms with E-state index < -0.39 is 0 Å². The highest BCUT2D eigenvalue weighted by atomic mass is 15.5. The normalized spacial score (nSPS) is 30.3. The third-order valence-corrected chi connectivity index (χ3v) is 7.44. The molecule has 4 nitrogen and oxygen atoms in total. The number of rotatable bonds is 10. The number of allylic oxidation sites excluding steroid dienone is 2. The summed E-state index contributed by atoms with van der Waals surface area (Å²) < 4.78 is 0. The quantitative estimate of drug-likeness (QED) is 0.301. The second-order valence-corrected chi connectivity index (χ2v) is 9.27. The van der Waals surface area contributed by atoms with Crippen molar-refractivity contribution in [2.75, 3.05) is 6.67 Å². The van der Waals surface area contributed by atoms with Crippen molar-refractivity contribution in [1.29, 1.82) is 0 Å². The molecule has 1 aliphatic carbocycles. The summed E-state index contributed by atoms with van der Waals surface area (Å²) in [5.74, 6) is 7.11. The first-order chi connectivity index (χ1) is 13.3. The van der Waals surface area contributed by atoms with Gasteiger partial charge in [-0.1, -0.05) is 72.3 Å². The van der Waals surface area contributed by atoms with Crippen LogP contribution in [0.4, 0.5) is 0 Å². The van der Waals surface area contributed by atoms with Crippen LogP contribution in [-0.4, -0.2) is 34.2 Å². The summed E-state index contributed by atoms with van der Waals surface area (Å²) >= 11 is 0. The van der Waals surface area contributed by atoms with Gasteiger partial charge < -0.3 is 5.73 Å². The maximum atomic E-state index is 6.72. The molecule has 0 aromatic heterocycles. The van der Waals surface area contributed by atoms with Crippen LogP contribution >= 0.6 is 0 Å². The average molecular weight is 391 g/mol. The molecule has 0 aromatic carbocycles. The molecule has 2 aliphatic rings. The van der Waals surface area contributed by atoms with Crippen LogP contribution in [-0.2, 0) is 0 Å². The van der Waals surface area contributed by atoms with Gasteiger partial charge in [-0.05, 0) is 50.2 Å². The first-order valence-corrected chi connectivity index (χ1v) is 11.8. The van der Waals surface area contributed by atoms with E-state index in [1.165, 1.54) is 68.9 Å². The highest BCUT2D eigenvalue weighted by Crippen LogP contribution is 2.45. The molecule has 1 heterocycles. The fraction of sp³-hybridized carbons (Fsp3) is 0.833. The number of nitrogens with two attached hydrogens (primary N) is 2. The molecule has 4 heteroatoms. The molecule has 162 valence electrons. The first kappa shape index (κ1) is 23.4. The maximum absolute atomic E-state index is 6.72. The molecule has 1 saturated heterocycles. The Morgan fingerprint density at radius 3 is 2.39 bits per heavy atom. The summed E-state index contributed by atoms with van der Waals surface area (Å²) in [5.41, 5.74) is 10.1. The summed E-state index contributed by atoms with van der Waals surface area (Å²) in [4.78, 5) is 2.71. The number of fused-ring (bicyclic) bond motifs is 1. The second-order valence-electron chi connectivity index (χ2n) is 9.27. The highest BCUT2D eigenvalue weighted by molar-refractivity contribution is 5.45. The molecule has 28 heavy (non-hydrogen) atoms. The molecule has 4 unspecified atom stereocenters. The molecular formula is C24H46N4. The van der Waals surface area contributed by atoms with E-state index in [0.717, 1.165) is 12.4 Å². The lowest BCUT2D eigenvalue weighted by Crippen LogP contribution is -2.69. The lowest BCUT2D eigenvalue weighted by Gasteiger charge is -2.56. The Hall–Kier alpha value is -0.840. The summed E-state index contributed by atoms with van der Waals surface area (Å²) in [7, 11) is 0. The summed E-state index contributed by atoms with van der Waals surface area (Å²) in [6.07, 6.45) is 13.9. The van der Waals surface area contributed by atoms with Crippen LogP contribution < -0.4 is 11.6 Å². The van der Waals surface area contributed by atoms with Gasteiger partial charge in [0.15, 0.2) is 0 Å². The van der Waals surface area contributed by atoms with Gasteiger partial charge in [0.05, 0.1) is 12.2 Å². The van der Waals surface area contributed by atoms with E-state index >= 15 is 0 Å². The number of unbranched alkanes of at least 4 members (excludes halogenated alkanes) is 4. The predicted molar refractivity (Wildman–Crippen MR) is 121 cm³/mol. The van der Waals surface area contributed by atoms with Crippen molar-refractivity contribution in [2.24, 2.45) is 17.5 Å². The van der Waals surface area contributed by atoms with E-state index in [1.54, 1.807) is 0 Å². The average Bonchev–Trinajstić information content (AvgIpc) is 2.68. The molecule has 0 amide bonds. The number of hydrogen-bond acceptors (Lipinski definition) is 4. The minimum atomic E-state index is -0.342. The monoisotopic (exact) mass is 390 g/mol. The molecule has 4 N–H and O–H groups in total. The number of hydrazine groups is 1. The Bertz CT molecular complexity index is 567. The zero-order chi connectivity index (χ0) is 20.9. The molecule has 4 atom stereocenters. The Morgan fingerprint density at radius 2 is 1.79 bits per heavy atom. The van der Waals surface area contributed by atoms with Crippen molar-refractivity contribution in [1.82, 2.24) is 9.91 Å². The van der Waals surface area contributed by atoms with E-state index in [2.05, 4.69) is 52.5 Å². The minimum Gasteiger partial charge on any atom is -0.400 e. The zero-order valence-electron chi connectivity index (χ0n) is 19.4. The van der Waals surface area contributed by atoms with Crippen molar-refractivity contribution in [2.45, 2.75) is 117 Å². The van der Waals surface area contributed by atoms with Crippen LogP contribution in [0, 0.1) is 5.92 Å². The van der Waals surface area contributed by atoms with Gasteiger partial charge in [-0.3, -0.25) is 10.7 Å². The van der Waals surface area contributed by atoms with Crippen molar-refractivity contribution in [3.63, 3.8) is 0 Å². The van der Waals surface area contributed by atoms with Crippen molar-refractivity contribution in [3.8, 4) is 0 Å². The van der Waals surface area contributed by atoms with Crippen LogP contribution in [0.3, 0.4) is 0 Å². The molecule has 1 fully saturated rings. The Balaban J connectivity index is 2.38. The summed E-state index contributed by atoms with van der Waals surface area (Å²) in [6, 6.07) is 1.05. The number of nitrogens with zero attached hydrogens (tertiary/aromatic N) is 2. The summed E-state index contributed by atoms with van der Waals surface area (Å²) in [6.45, 7) is 14.4. The van der Waals surface area contributed by atoms with Gasteiger partial charge >= 0.3 is 0 Å². The largest absolute Gasteiger partial charge is 0.400 e. The highest BCUT2D eigenvalue weighted by Gasteiger charge is 2.50. The van der Waals surface area contributed by atoms with Gasteiger partial charge in [0.25, 0.3) is 0 Å². The van der Waals surface area contributed by atoms with Crippen molar-refractivity contribution >= 4 is 0 Å². The molecular weight excluding hydrogens is 344 g/mol. The van der Waals surface area contributed by atoms with E-state index in [0.29, 0.717) is 18.0 Å². The van der Waals surface area contributed by atoms with Gasteiger partial charge in [-0.25, -0.2) is 5.01 Å². The number of hydrogen-bond donors (Lipinski definition) is 2. The van der Waals surface area contributed by atoms with Gasteiger partial charge in [-0.2, -0.15) is 0 Å². The SMILES string of the molecule is CCCCCC(CC)N1CN(N)C2(C)C(=CC(C)C(C)=C2N)C1CCCCC. The Kier molecular flexibility index (Phi) is 8.60. The topological polar surface area (TPSA) is 58.5 Å². The molecule has 2 rings (SSSR count). The van der Waals surface area contributed by atoms with Gasteiger partial charge in [0.1, 0.15) is 0 Å². The van der Waals surface area contributed by atoms with Crippen LogP contribution in [0.5, 0.6) is 0 Å². The fourth-order valence-corrected chi connectivity index (χ4v) is 5.21.